The van der Waals surface area contributed by atoms with Gasteiger partial charge in [-0.3, -0.25) is 4.90 Å². The standard InChI is InChI=1S/C19H26N2/c1-20(2)15-16-21(17-19-11-7-4-8-12-19)14-13-18-9-5-3-6-10-18/h3-12H,13-17H2,1-2H3. The average molecular weight is 282 g/mol. The van der Waals surface area contributed by atoms with Crippen LogP contribution in [0.1, 0.15) is 11.1 Å². The number of benzene rings is 2. The van der Waals surface area contributed by atoms with Gasteiger partial charge in [-0.05, 0) is 31.6 Å². The molecule has 2 rings (SSSR count). The van der Waals surface area contributed by atoms with Gasteiger partial charge < -0.3 is 4.90 Å². The van der Waals surface area contributed by atoms with E-state index in [1.54, 1.807) is 0 Å². The largest absolute Gasteiger partial charge is 0.308 e. The molecule has 0 atom stereocenters. The summed E-state index contributed by atoms with van der Waals surface area (Å²) in [7, 11) is 4.27. The smallest absolute Gasteiger partial charge is 0.0234 e. The van der Waals surface area contributed by atoms with E-state index >= 15 is 0 Å². The zero-order valence-corrected chi connectivity index (χ0v) is 13.2. The van der Waals surface area contributed by atoms with Crippen LogP contribution in [0.4, 0.5) is 0 Å². The molecule has 0 amide bonds. The molecule has 0 fully saturated rings. The van der Waals surface area contributed by atoms with Crippen LogP contribution in [0.5, 0.6) is 0 Å². The highest BCUT2D eigenvalue weighted by atomic mass is 15.2. The predicted octanol–water partition coefficient (Wildman–Crippen LogP) is 3.29. The molecule has 2 heteroatoms. The van der Waals surface area contributed by atoms with Crippen molar-refractivity contribution in [1.82, 2.24) is 9.80 Å². The van der Waals surface area contributed by atoms with Crippen molar-refractivity contribution < 1.29 is 0 Å². The molecule has 0 bridgehead atoms. The molecule has 0 saturated carbocycles. The first kappa shape index (κ1) is 15.7. The Labute approximate surface area is 129 Å². The highest BCUT2D eigenvalue weighted by Gasteiger charge is 2.07. The van der Waals surface area contributed by atoms with E-state index in [2.05, 4.69) is 84.6 Å². The molecule has 0 aliphatic heterocycles. The molecule has 0 heterocycles. The minimum Gasteiger partial charge on any atom is -0.308 e. The zero-order valence-electron chi connectivity index (χ0n) is 13.2. The molecule has 21 heavy (non-hydrogen) atoms. The van der Waals surface area contributed by atoms with Crippen LogP contribution in [0.15, 0.2) is 60.7 Å². The molecule has 2 aromatic rings. The van der Waals surface area contributed by atoms with Gasteiger partial charge in [-0.15, -0.1) is 0 Å². The molecule has 0 spiro atoms. The van der Waals surface area contributed by atoms with Crippen molar-refractivity contribution in [3.63, 3.8) is 0 Å². The lowest BCUT2D eigenvalue weighted by Crippen LogP contribution is -2.33. The van der Waals surface area contributed by atoms with E-state index in [1.165, 1.54) is 11.1 Å². The molecule has 0 aromatic heterocycles. The number of likely N-dealkylation sites (N-methyl/N-ethyl adjacent to an activating group) is 1. The molecule has 0 unspecified atom stereocenters. The molecule has 0 aliphatic carbocycles. The van der Waals surface area contributed by atoms with Gasteiger partial charge in [0.25, 0.3) is 0 Å². The Kier molecular flexibility index (Phi) is 6.45. The lowest BCUT2D eigenvalue weighted by Gasteiger charge is -2.24. The highest BCUT2D eigenvalue weighted by Crippen LogP contribution is 2.07. The Morgan fingerprint density at radius 2 is 1.24 bits per heavy atom. The van der Waals surface area contributed by atoms with E-state index < -0.39 is 0 Å². The first-order valence-electron chi connectivity index (χ1n) is 7.69. The summed E-state index contributed by atoms with van der Waals surface area (Å²) in [6.45, 7) is 4.34. The van der Waals surface area contributed by atoms with E-state index in [0.717, 1.165) is 32.6 Å². The van der Waals surface area contributed by atoms with Gasteiger partial charge in [-0.2, -0.15) is 0 Å². The zero-order chi connectivity index (χ0) is 14.9. The van der Waals surface area contributed by atoms with Gasteiger partial charge in [-0.25, -0.2) is 0 Å². The lowest BCUT2D eigenvalue weighted by molar-refractivity contribution is 0.236. The van der Waals surface area contributed by atoms with Crippen molar-refractivity contribution in [3.8, 4) is 0 Å². The second kappa shape index (κ2) is 8.60. The quantitative estimate of drug-likeness (QED) is 0.733. The summed E-state index contributed by atoms with van der Waals surface area (Å²) in [6.07, 6.45) is 1.11. The van der Waals surface area contributed by atoms with Crippen molar-refractivity contribution in [2.75, 3.05) is 33.7 Å². The molecule has 0 N–H and O–H groups in total. The summed E-state index contributed by atoms with van der Waals surface area (Å²) in [5, 5.41) is 0. The van der Waals surface area contributed by atoms with Gasteiger partial charge in [0.1, 0.15) is 0 Å². The Balaban J connectivity index is 1.91. The molecular weight excluding hydrogens is 256 g/mol. The van der Waals surface area contributed by atoms with Crippen LogP contribution in [0.3, 0.4) is 0 Å². The van der Waals surface area contributed by atoms with Crippen molar-refractivity contribution >= 4 is 0 Å². The third kappa shape index (κ3) is 6.11. The maximum Gasteiger partial charge on any atom is 0.0234 e. The SMILES string of the molecule is CN(C)CCN(CCc1ccccc1)Cc1ccccc1. The molecule has 0 aliphatic rings. The van der Waals surface area contributed by atoms with E-state index in [0.29, 0.717) is 0 Å². The maximum absolute atomic E-state index is 2.54. The third-order valence-corrected chi connectivity index (χ3v) is 3.67. The third-order valence-electron chi connectivity index (χ3n) is 3.67. The van der Waals surface area contributed by atoms with Crippen LogP contribution in [0.25, 0.3) is 0 Å². The maximum atomic E-state index is 2.54. The monoisotopic (exact) mass is 282 g/mol. The summed E-state index contributed by atoms with van der Waals surface area (Å²) in [6, 6.07) is 21.5. The minimum absolute atomic E-state index is 1.03. The van der Waals surface area contributed by atoms with E-state index in [-0.39, 0.29) is 0 Å². The van der Waals surface area contributed by atoms with Crippen LogP contribution < -0.4 is 0 Å². The van der Waals surface area contributed by atoms with Crippen LogP contribution >= 0.6 is 0 Å². The van der Waals surface area contributed by atoms with Crippen molar-refractivity contribution in [2.45, 2.75) is 13.0 Å². The molecule has 2 aromatic carbocycles. The van der Waals surface area contributed by atoms with Crippen LogP contribution in [-0.2, 0) is 13.0 Å². The number of nitrogens with zero attached hydrogens (tertiary/aromatic N) is 2. The predicted molar refractivity (Wildman–Crippen MR) is 90.4 cm³/mol. The van der Waals surface area contributed by atoms with Crippen molar-refractivity contribution in [1.29, 1.82) is 0 Å². The van der Waals surface area contributed by atoms with Crippen molar-refractivity contribution in [3.05, 3.63) is 71.8 Å². The fraction of sp³-hybridized carbons (Fsp3) is 0.368. The molecule has 0 saturated heterocycles. The lowest BCUT2D eigenvalue weighted by atomic mass is 10.1. The number of hydrogen-bond donors (Lipinski definition) is 0. The molecule has 2 nitrogen and oxygen atoms in total. The van der Waals surface area contributed by atoms with Gasteiger partial charge in [0.15, 0.2) is 0 Å². The topological polar surface area (TPSA) is 6.48 Å². The Bertz CT molecular complexity index is 493. The molecule has 112 valence electrons. The number of hydrogen-bond acceptors (Lipinski definition) is 2. The summed E-state index contributed by atoms with van der Waals surface area (Å²) >= 11 is 0. The van der Waals surface area contributed by atoms with Gasteiger partial charge in [0.05, 0.1) is 0 Å². The minimum atomic E-state index is 1.03. The van der Waals surface area contributed by atoms with Crippen molar-refractivity contribution in [2.24, 2.45) is 0 Å². The van der Waals surface area contributed by atoms with Gasteiger partial charge in [0, 0.05) is 26.2 Å². The van der Waals surface area contributed by atoms with E-state index in [4.69, 9.17) is 0 Å². The van der Waals surface area contributed by atoms with Gasteiger partial charge in [-0.1, -0.05) is 60.7 Å². The van der Waals surface area contributed by atoms with E-state index in [9.17, 15) is 0 Å². The second-order valence-electron chi connectivity index (χ2n) is 5.80. The molecule has 0 radical (unpaired) electrons. The Morgan fingerprint density at radius 1 is 0.667 bits per heavy atom. The van der Waals surface area contributed by atoms with E-state index in [1.807, 2.05) is 0 Å². The average Bonchev–Trinajstić information content (AvgIpc) is 2.52. The summed E-state index contributed by atoms with van der Waals surface area (Å²) in [4.78, 5) is 4.79. The Hall–Kier alpha value is -1.64. The summed E-state index contributed by atoms with van der Waals surface area (Å²) < 4.78 is 0. The normalized spacial score (nSPS) is 11.2. The Morgan fingerprint density at radius 3 is 1.81 bits per heavy atom. The second-order valence-corrected chi connectivity index (χ2v) is 5.80. The summed E-state index contributed by atoms with van der Waals surface area (Å²) in [5.41, 5.74) is 2.81. The summed E-state index contributed by atoms with van der Waals surface area (Å²) in [5.74, 6) is 0. The fourth-order valence-corrected chi connectivity index (χ4v) is 2.38. The van der Waals surface area contributed by atoms with Gasteiger partial charge >= 0.3 is 0 Å². The van der Waals surface area contributed by atoms with Gasteiger partial charge in [0.2, 0.25) is 0 Å². The highest BCUT2D eigenvalue weighted by molar-refractivity contribution is 5.16. The number of rotatable bonds is 8. The van der Waals surface area contributed by atoms with Crippen LogP contribution in [-0.4, -0.2) is 43.5 Å². The fourth-order valence-electron chi connectivity index (χ4n) is 2.38. The molecular formula is C19H26N2. The van der Waals surface area contributed by atoms with Crippen LogP contribution in [0.2, 0.25) is 0 Å². The first-order valence-corrected chi connectivity index (χ1v) is 7.69. The van der Waals surface area contributed by atoms with Crippen LogP contribution in [0, 0.1) is 0 Å². The first-order chi connectivity index (χ1) is 10.2.